The number of carbonyl (C=O) groups excluding carboxylic acids is 2. The van der Waals surface area contributed by atoms with Gasteiger partial charge in [0, 0.05) is 12.8 Å². The predicted octanol–water partition coefficient (Wildman–Crippen LogP) is 13.7. The lowest BCUT2D eigenvalue weighted by Crippen LogP contribution is -2.37. The zero-order valence-corrected chi connectivity index (χ0v) is 39.9. The van der Waals surface area contributed by atoms with E-state index >= 15 is 0 Å². The largest absolute Gasteiger partial charge is 0.756 e. The van der Waals surface area contributed by atoms with Crippen molar-refractivity contribution in [1.82, 2.24) is 0 Å². The molecule has 0 aliphatic rings. The van der Waals surface area contributed by atoms with E-state index in [0.29, 0.717) is 17.4 Å². The summed E-state index contributed by atoms with van der Waals surface area (Å²) in [6, 6.07) is 0. The maximum absolute atomic E-state index is 12.7. The number of quaternary nitrogens is 1. The number of phosphoric acid groups is 1. The number of hydrogen-bond donors (Lipinski definition) is 0. The van der Waals surface area contributed by atoms with Gasteiger partial charge >= 0.3 is 11.9 Å². The average molecular weight is 846 g/mol. The second-order valence-corrected chi connectivity index (χ2v) is 19.6. The molecule has 9 nitrogen and oxygen atoms in total. The molecule has 0 aliphatic carbocycles. The van der Waals surface area contributed by atoms with E-state index in [2.05, 4.69) is 13.8 Å². The van der Waals surface area contributed by atoms with Crippen molar-refractivity contribution >= 4 is 19.8 Å². The highest BCUT2D eigenvalue weighted by molar-refractivity contribution is 7.45. The van der Waals surface area contributed by atoms with Gasteiger partial charge < -0.3 is 27.9 Å². The van der Waals surface area contributed by atoms with Gasteiger partial charge in [-0.2, -0.15) is 0 Å². The molecule has 0 saturated carbocycles. The summed E-state index contributed by atoms with van der Waals surface area (Å²) in [5.41, 5.74) is 0. The standard InChI is InChI=1S/C48H96NO8P/c1-6-8-10-12-14-16-17-18-19-20-21-22-23-24-25-26-27-28-29-30-31-32-33-35-37-39-41-48(51)57-46(45-56-58(52,53)55-43-42-49(3,4)5)44-54-47(50)40-38-36-34-15-13-11-9-7-2/h46H,6-45H2,1-5H3. The van der Waals surface area contributed by atoms with Gasteiger partial charge in [0.25, 0.3) is 7.82 Å². The molecule has 0 aliphatic heterocycles. The molecule has 2 atom stereocenters. The predicted molar refractivity (Wildman–Crippen MR) is 241 cm³/mol. The fourth-order valence-electron chi connectivity index (χ4n) is 7.25. The lowest BCUT2D eigenvalue weighted by Gasteiger charge is -2.28. The molecule has 0 amide bonds. The van der Waals surface area contributed by atoms with Crippen molar-refractivity contribution < 1.29 is 42.1 Å². The van der Waals surface area contributed by atoms with E-state index < -0.39 is 26.5 Å². The van der Waals surface area contributed by atoms with Gasteiger partial charge in [-0.25, -0.2) is 0 Å². The van der Waals surface area contributed by atoms with Crippen molar-refractivity contribution in [2.24, 2.45) is 0 Å². The summed E-state index contributed by atoms with van der Waals surface area (Å²) in [6.45, 7) is 4.24. The molecule has 10 heteroatoms. The molecule has 0 aromatic carbocycles. The smallest absolute Gasteiger partial charge is 0.306 e. The summed E-state index contributed by atoms with van der Waals surface area (Å²) in [5.74, 6) is -0.823. The Balaban J connectivity index is 4.01. The van der Waals surface area contributed by atoms with Crippen molar-refractivity contribution in [2.75, 3.05) is 47.5 Å². The number of ether oxygens (including phenoxy) is 2. The number of likely N-dealkylation sites (N-methyl/N-ethyl adjacent to an activating group) is 1. The van der Waals surface area contributed by atoms with Gasteiger partial charge in [0.2, 0.25) is 0 Å². The Hall–Kier alpha value is -0.990. The highest BCUT2D eigenvalue weighted by Crippen LogP contribution is 2.38. The summed E-state index contributed by atoms with van der Waals surface area (Å²) < 4.78 is 33.9. The number of phosphoric ester groups is 1. The SMILES string of the molecule is CCCCCCCCCCCCCCCCCCCCCCCCCCCCC(=O)OC(COC(=O)CCCCCCCCCC)COP(=O)([O-])OCC[N+](C)(C)C. The molecule has 0 saturated heterocycles. The van der Waals surface area contributed by atoms with Crippen LogP contribution in [0.1, 0.15) is 245 Å². The summed E-state index contributed by atoms with van der Waals surface area (Å²) in [7, 11) is 1.18. The monoisotopic (exact) mass is 846 g/mol. The fourth-order valence-corrected chi connectivity index (χ4v) is 7.97. The van der Waals surface area contributed by atoms with Crippen molar-refractivity contribution in [1.29, 1.82) is 0 Å². The molecule has 0 rings (SSSR count). The number of rotatable bonds is 46. The van der Waals surface area contributed by atoms with E-state index in [9.17, 15) is 19.0 Å². The van der Waals surface area contributed by atoms with Gasteiger partial charge in [-0.15, -0.1) is 0 Å². The van der Waals surface area contributed by atoms with Crippen LogP contribution in [-0.2, 0) is 32.7 Å². The van der Waals surface area contributed by atoms with Crippen LogP contribution in [0.4, 0.5) is 0 Å². The molecular formula is C48H96NO8P. The van der Waals surface area contributed by atoms with Gasteiger partial charge in [0.05, 0.1) is 27.7 Å². The van der Waals surface area contributed by atoms with Crippen LogP contribution in [0.2, 0.25) is 0 Å². The van der Waals surface area contributed by atoms with Crippen molar-refractivity contribution in [2.45, 2.75) is 251 Å². The first-order valence-electron chi connectivity index (χ1n) is 24.7. The number of esters is 2. The Labute approximate surface area is 359 Å². The highest BCUT2D eigenvalue weighted by Gasteiger charge is 2.21. The number of hydrogen-bond acceptors (Lipinski definition) is 8. The van der Waals surface area contributed by atoms with Gasteiger partial charge in [0.1, 0.15) is 19.8 Å². The summed E-state index contributed by atoms with van der Waals surface area (Å²) >= 11 is 0. The van der Waals surface area contributed by atoms with Crippen LogP contribution in [0.15, 0.2) is 0 Å². The van der Waals surface area contributed by atoms with Gasteiger partial charge in [0.15, 0.2) is 6.10 Å². The normalized spacial score (nSPS) is 13.4. The number of nitrogens with zero attached hydrogens (tertiary/aromatic N) is 1. The first-order chi connectivity index (χ1) is 28.0. The van der Waals surface area contributed by atoms with Crippen molar-refractivity contribution in [3.8, 4) is 0 Å². The van der Waals surface area contributed by atoms with Gasteiger partial charge in [-0.05, 0) is 12.8 Å². The Kier molecular flexibility index (Phi) is 40.7. The molecule has 0 N–H and O–H groups in total. The van der Waals surface area contributed by atoms with E-state index in [1.165, 1.54) is 180 Å². The van der Waals surface area contributed by atoms with E-state index in [0.717, 1.165) is 32.1 Å². The van der Waals surface area contributed by atoms with Crippen LogP contribution in [0.5, 0.6) is 0 Å². The van der Waals surface area contributed by atoms with E-state index in [-0.39, 0.29) is 32.0 Å². The lowest BCUT2D eigenvalue weighted by atomic mass is 10.0. The van der Waals surface area contributed by atoms with Gasteiger partial charge in [-0.1, -0.05) is 219 Å². The third kappa shape index (κ3) is 44.6. The molecule has 58 heavy (non-hydrogen) atoms. The fraction of sp³-hybridized carbons (Fsp3) is 0.958. The Morgan fingerprint density at radius 3 is 1.10 bits per heavy atom. The summed E-state index contributed by atoms with van der Waals surface area (Å²) in [5, 5.41) is 0. The molecule has 0 aromatic rings. The van der Waals surface area contributed by atoms with Crippen LogP contribution in [0.25, 0.3) is 0 Å². The first kappa shape index (κ1) is 57.0. The third-order valence-electron chi connectivity index (χ3n) is 11.1. The lowest BCUT2D eigenvalue weighted by molar-refractivity contribution is -0.870. The minimum absolute atomic E-state index is 0.0259. The maximum Gasteiger partial charge on any atom is 0.306 e. The zero-order chi connectivity index (χ0) is 42.8. The Morgan fingerprint density at radius 1 is 0.466 bits per heavy atom. The maximum atomic E-state index is 12.7. The van der Waals surface area contributed by atoms with Crippen LogP contribution in [-0.4, -0.2) is 70.0 Å². The summed E-state index contributed by atoms with van der Waals surface area (Å²) in [4.78, 5) is 37.4. The quantitative estimate of drug-likeness (QED) is 0.0258. The number of carbonyl (C=O) groups is 2. The second-order valence-electron chi connectivity index (χ2n) is 18.2. The molecule has 346 valence electrons. The molecule has 0 heterocycles. The zero-order valence-electron chi connectivity index (χ0n) is 39.0. The minimum atomic E-state index is -4.61. The Bertz CT molecular complexity index is 958. The third-order valence-corrected chi connectivity index (χ3v) is 12.1. The van der Waals surface area contributed by atoms with Crippen LogP contribution >= 0.6 is 7.82 Å². The number of unbranched alkanes of at least 4 members (excludes halogenated alkanes) is 32. The van der Waals surface area contributed by atoms with Crippen LogP contribution < -0.4 is 4.89 Å². The van der Waals surface area contributed by atoms with Crippen molar-refractivity contribution in [3.63, 3.8) is 0 Å². The van der Waals surface area contributed by atoms with Crippen molar-refractivity contribution in [3.05, 3.63) is 0 Å². The van der Waals surface area contributed by atoms with E-state index in [1.807, 2.05) is 21.1 Å². The topological polar surface area (TPSA) is 111 Å². The molecule has 0 spiro atoms. The average Bonchev–Trinajstić information content (AvgIpc) is 3.17. The van der Waals surface area contributed by atoms with Gasteiger partial charge in [-0.3, -0.25) is 14.2 Å². The Morgan fingerprint density at radius 2 is 0.776 bits per heavy atom. The molecular weight excluding hydrogens is 750 g/mol. The van der Waals surface area contributed by atoms with E-state index in [4.69, 9.17) is 18.5 Å². The molecule has 0 bridgehead atoms. The second kappa shape index (κ2) is 41.4. The minimum Gasteiger partial charge on any atom is -0.756 e. The van der Waals surface area contributed by atoms with E-state index in [1.54, 1.807) is 0 Å². The summed E-state index contributed by atoms with van der Waals surface area (Å²) in [6.07, 6.45) is 43.1. The molecule has 0 aromatic heterocycles. The molecule has 0 radical (unpaired) electrons. The highest BCUT2D eigenvalue weighted by atomic mass is 31.2. The first-order valence-corrected chi connectivity index (χ1v) is 26.2. The molecule has 0 fully saturated rings. The van der Waals surface area contributed by atoms with Crippen LogP contribution in [0, 0.1) is 0 Å². The molecule has 2 unspecified atom stereocenters. The van der Waals surface area contributed by atoms with Crippen LogP contribution in [0.3, 0.4) is 0 Å².